The molecule has 0 aromatic heterocycles. The van der Waals surface area contributed by atoms with E-state index in [0.29, 0.717) is 17.5 Å². The largest absolute Gasteiger partial charge is 0.433 e. The van der Waals surface area contributed by atoms with E-state index in [1.54, 1.807) is 24.3 Å². The number of ether oxygens (including phenoxy) is 1. The van der Waals surface area contributed by atoms with E-state index in [4.69, 9.17) is 4.74 Å². The van der Waals surface area contributed by atoms with Gasteiger partial charge >= 0.3 is 5.97 Å². The minimum Gasteiger partial charge on any atom is -0.433 e. The van der Waals surface area contributed by atoms with E-state index in [9.17, 15) is 14.4 Å². The number of aryl methyl sites for hydroxylation is 1. The highest BCUT2D eigenvalue weighted by molar-refractivity contribution is 6.00. The highest BCUT2D eigenvalue weighted by atomic mass is 16.6. The van der Waals surface area contributed by atoms with Crippen molar-refractivity contribution in [3.05, 3.63) is 65.2 Å². The number of likely N-dealkylation sites (tertiary alicyclic amines) is 1. The van der Waals surface area contributed by atoms with Crippen molar-refractivity contribution in [3.63, 3.8) is 0 Å². The first-order valence-electron chi connectivity index (χ1n) is 9.10. The number of fused-ring (bicyclic) bond motifs is 1. The van der Waals surface area contributed by atoms with Crippen molar-refractivity contribution in [2.24, 2.45) is 0 Å². The second-order valence-electron chi connectivity index (χ2n) is 6.70. The van der Waals surface area contributed by atoms with Crippen LogP contribution in [-0.2, 0) is 20.7 Å². The van der Waals surface area contributed by atoms with Crippen LogP contribution in [0.25, 0.3) is 0 Å². The molecule has 27 heavy (non-hydrogen) atoms. The van der Waals surface area contributed by atoms with Crippen molar-refractivity contribution in [2.45, 2.75) is 38.5 Å². The predicted molar refractivity (Wildman–Crippen MR) is 98.9 cm³/mol. The molecular formula is C21H20N2O4. The molecule has 0 saturated carbocycles. The Morgan fingerprint density at radius 1 is 1.15 bits per heavy atom. The molecule has 2 aromatic rings. The summed E-state index contributed by atoms with van der Waals surface area (Å²) < 4.78 is 5.45. The number of anilines is 1. The Morgan fingerprint density at radius 2 is 1.89 bits per heavy atom. The summed E-state index contributed by atoms with van der Waals surface area (Å²) in [4.78, 5) is 39.0. The highest BCUT2D eigenvalue weighted by Gasteiger charge is 2.46. The van der Waals surface area contributed by atoms with Crippen LogP contribution in [0.5, 0.6) is 0 Å². The summed E-state index contributed by atoms with van der Waals surface area (Å²) in [7, 11) is 0. The van der Waals surface area contributed by atoms with Crippen molar-refractivity contribution in [2.75, 3.05) is 5.32 Å². The number of benzene rings is 2. The molecule has 6 heteroatoms. The van der Waals surface area contributed by atoms with Crippen LogP contribution in [0.15, 0.2) is 48.5 Å². The number of nitrogens with zero attached hydrogens (tertiary/aromatic N) is 1. The van der Waals surface area contributed by atoms with Gasteiger partial charge in [0.15, 0.2) is 0 Å². The van der Waals surface area contributed by atoms with E-state index in [0.717, 1.165) is 17.7 Å². The smallest absolute Gasteiger partial charge is 0.340 e. The molecule has 1 N–H and O–H groups in total. The van der Waals surface area contributed by atoms with Gasteiger partial charge in [0.2, 0.25) is 18.0 Å². The summed E-state index contributed by atoms with van der Waals surface area (Å²) >= 11 is 0. The number of hydrogen-bond donors (Lipinski definition) is 1. The van der Waals surface area contributed by atoms with Crippen molar-refractivity contribution >= 4 is 23.5 Å². The molecule has 1 fully saturated rings. The lowest BCUT2D eigenvalue weighted by Crippen LogP contribution is -2.44. The molecule has 6 nitrogen and oxygen atoms in total. The van der Waals surface area contributed by atoms with Gasteiger partial charge in [-0.3, -0.25) is 14.5 Å². The topological polar surface area (TPSA) is 75.7 Å². The zero-order valence-electron chi connectivity index (χ0n) is 15.0. The lowest BCUT2D eigenvalue weighted by atomic mass is 10.1. The maximum absolute atomic E-state index is 12.9. The molecule has 0 bridgehead atoms. The zero-order chi connectivity index (χ0) is 19.0. The molecule has 1 saturated heterocycles. The molecule has 138 valence electrons. The van der Waals surface area contributed by atoms with E-state index >= 15 is 0 Å². The first-order valence-corrected chi connectivity index (χ1v) is 9.10. The summed E-state index contributed by atoms with van der Waals surface area (Å²) in [6.45, 7) is 2.02. The van der Waals surface area contributed by atoms with Crippen LogP contribution in [0, 0.1) is 0 Å². The van der Waals surface area contributed by atoms with Gasteiger partial charge in [-0.25, -0.2) is 4.79 Å². The third kappa shape index (κ3) is 2.97. The Balaban J connectivity index is 1.61. The van der Waals surface area contributed by atoms with Gasteiger partial charge < -0.3 is 10.1 Å². The normalized spacial score (nSPS) is 21.1. The molecule has 4 rings (SSSR count). The number of esters is 1. The number of cyclic esters (lactones) is 1. The molecule has 0 spiro atoms. The Hall–Kier alpha value is -3.15. The van der Waals surface area contributed by atoms with Crippen LogP contribution >= 0.6 is 0 Å². The maximum atomic E-state index is 12.9. The van der Waals surface area contributed by atoms with Gasteiger partial charge in [-0.1, -0.05) is 43.3 Å². The van der Waals surface area contributed by atoms with Gasteiger partial charge in [-0.05, 0) is 30.5 Å². The Kier molecular flexibility index (Phi) is 4.39. The van der Waals surface area contributed by atoms with E-state index < -0.39 is 18.2 Å². The second-order valence-corrected chi connectivity index (χ2v) is 6.70. The minimum absolute atomic E-state index is 0.187. The lowest BCUT2D eigenvalue weighted by Gasteiger charge is -2.29. The number of rotatable bonds is 4. The maximum Gasteiger partial charge on any atom is 0.340 e. The van der Waals surface area contributed by atoms with Crippen molar-refractivity contribution in [3.8, 4) is 0 Å². The number of carbonyl (C=O) groups is 3. The average Bonchev–Trinajstić information content (AvgIpc) is 3.22. The SMILES string of the molecule is CCc1ccccc1NC(=O)[C@@H]1CCC(=O)N1[C@@H]1OC(=O)c2ccccc21. The summed E-state index contributed by atoms with van der Waals surface area (Å²) in [5.41, 5.74) is 2.84. The Bertz CT molecular complexity index is 924. The third-order valence-corrected chi connectivity index (χ3v) is 5.13. The van der Waals surface area contributed by atoms with Crippen LogP contribution < -0.4 is 5.32 Å². The fraction of sp³-hybridized carbons (Fsp3) is 0.286. The first kappa shape index (κ1) is 17.3. The first-order chi connectivity index (χ1) is 13.1. The fourth-order valence-electron chi connectivity index (χ4n) is 3.75. The fourth-order valence-corrected chi connectivity index (χ4v) is 3.75. The van der Waals surface area contributed by atoms with Gasteiger partial charge in [-0.15, -0.1) is 0 Å². The van der Waals surface area contributed by atoms with Gasteiger partial charge in [0.1, 0.15) is 6.04 Å². The second kappa shape index (κ2) is 6.87. The number of para-hydroxylation sites is 1. The van der Waals surface area contributed by atoms with E-state index in [-0.39, 0.29) is 18.2 Å². The van der Waals surface area contributed by atoms with Crippen LogP contribution in [-0.4, -0.2) is 28.7 Å². The molecule has 2 heterocycles. The molecule has 2 aromatic carbocycles. The Morgan fingerprint density at radius 3 is 2.70 bits per heavy atom. The molecule has 2 amide bonds. The Labute approximate surface area is 157 Å². The van der Waals surface area contributed by atoms with Crippen LogP contribution in [0.2, 0.25) is 0 Å². The van der Waals surface area contributed by atoms with Gasteiger partial charge in [0.25, 0.3) is 0 Å². The van der Waals surface area contributed by atoms with Gasteiger partial charge in [0.05, 0.1) is 5.56 Å². The molecule has 2 aliphatic rings. The highest BCUT2D eigenvalue weighted by Crippen LogP contribution is 2.38. The quantitative estimate of drug-likeness (QED) is 0.846. The summed E-state index contributed by atoms with van der Waals surface area (Å²) in [6.07, 6.45) is 0.594. The molecule has 2 atom stereocenters. The predicted octanol–water partition coefficient (Wildman–Crippen LogP) is 3.05. The molecular weight excluding hydrogens is 344 g/mol. The monoisotopic (exact) mass is 364 g/mol. The van der Waals surface area contributed by atoms with Crippen LogP contribution in [0.4, 0.5) is 5.69 Å². The average molecular weight is 364 g/mol. The number of nitrogens with one attached hydrogen (secondary N) is 1. The zero-order valence-corrected chi connectivity index (χ0v) is 15.0. The number of carbonyl (C=O) groups excluding carboxylic acids is 3. The van der Waals surface area contributed by atoms with Crippen molar-refractivity contribution in [1.29, 1.82) is 0 Å². The lowest BCUT2D eigenvalue weighted by molar-refractivity contribution is -0.144. The van der Waals surface area contributed by atoms with Crippen LogP contribution in [0.1, 0.15) is 47.5 Å². The third-order valence-electron chi connectivity index (χ3n) is 5.13. The molecule has 2 aliphatic heterocycles. The van der Waals surface area contributed by atoms with E-state index in [2.05, 4.69) is 5.32 Å². The van der Waals surface area contributed by atoms with Crippen LogP contribution in [0.3, 0.4) is 0 Å². The number of hydrogen-bond acceptors (Lipinski definition) is 4. The summed E-state index contributed by atoms with van der Waals surface area (Å²) in [5, 5.41) is 2.94. The summed E-state index contributed by atoms with van der Waals surface area (Å²) in [6, 6.07) is 13.9. The van der Waals surface area contributed by atoms with Crippen molar-refractivity contribution < 1.29 is 19.1 Å². The summed E-state index contributed by atoms with van der Waals surface area (Å²) in [5.74, 6) is -0.915. The molecule has 0 unspecified atom stereocenters. The minimum atomic E-state index is -0.846. The van der Waals surface area contributed by atoms with Crippen molar-refractivity contribution in [1.82, 2.24) is 4.90 Å². The standard InChI is InChI=1S/C21H20N2O4/c1-2-13-7-3-6-10-16(13)22-19(25)17-11-12-18(24)23(17)20-14-8-4-5-9-15(14)21(26)27-20/h3-10,17,20H,2,11-12H2,1H3,(H,22,25)/t17-,20+/m0/s1. The van der Waals surface area contributed by atoms with Gasteiger partial charge in [-0.2, -0.15) is 0 Å². The van der Waals surface area contributed by atoms with Gasteiger partial charge in [0, 0.05) is 17.7 Å². The van der Waals surface area contributed by atoms with E-state index in [1.807, 2.05) is 31.2 Å². The number of amides is 2. The molecule has 0 aliphatic carbocycles. The van der Waals surface area contributed by atoms with E-state index in [1.165, 1.54) is 4.90 Å². The molecule has 0 radical (unpaired) electrons.